The number of aromatic nitrogens is 4. The van der Waals surface area contributed by atoms with Gasteiger partial charge in [0.1, 0.15) is 23.8 Å². The minimum absolute atomic E-state index is 0.116. The third-order valence-corrected chi connectivity index (χ3v) is 7.60. The van der Waals surface area contributed by atoms with Crippen molar-refractivity contribution in [3.63, 3.8) is 0 Å². The second-order valence-corrected chi connectivity index (χ2v) is 10.3. The summed E-state index contributed by atoms with van der Waals surface area (Å²) >= 11 is 13.4. The highest BCUT2D eigenvalue weighted by atomic mass is 35.5. The first-order chi connectivity index (χ1) is 15.3. The van der Waals surface area contributed by atoms with E-state index in [9.17, 15) is 9.46 Å². The fourth-order valence-electron chi connectivity index (χ4n) is 3.60. The summed E-state index contributed by atoms with van der Waals surface area (Å²) in [5, 5.41) is 1.30. The monoisotopic (exact) mass is 519 g/mol. The molecule has 3 aromatic rings. The SMILES string of the molecule is COC1C2OP(=O)(O)OCC2OC1n1cnc2c(N)nc(Sc3ccc(Cl)cc3Cl)nc21. The molecule has 0 bridgehead atoms. The first-order valence-corrected chi connectivity index (χ1v) is 12.3. The molecule has 11 nitrogen and oxygen atoms in total. The number of nitrogens with two attached hydrogens (primary N) is 1. The summed E-state index contributed by atoms with van der Waals surface area (Å²) < 4.78 is 35.1. The van der Waals surface area contributed by atoms with Crippen LogP contribution in [0, 0.1) is 0 Å². The van der Waals surface area contributed by atoms with Crippen LogP contribution in [0.3, 0.4) is 0 Å². The molecule has 5 rings (SSSR count). The number of rotatable bonds is 4. The van der Waals surface area contributed by atoms with E-state index in [1.807, 2.05) is 0 Å². The first kappa shape index (κ1) is 22.3. The van der Waals surface area contributed by atoms with Gasteiger partial charge in [-0.25, -0.2) is 19.5 Å². The third-order valence-electron chi connectivity index (χ3n) is 5.01. The van der Waals surface area contributed by atoms with E-state index in [0.717, 1.165) is 0 Å². The predicted molar refractivity (Wildman–Crippen MR) is 116 cm³/mol. The number of hydrogen-bond acceptors (Lipinski definition) is 10. The minimum atomic E-state index is -4.18. The van der Waals surface area contributed by atoms with Crippen LogP contribution in [0.1, 0.15) is 6.23 Å². The van der Waals surface area contributed by atoms with Gasteiger partial charge in [-0.05, 0) is 30.0 Å². The number of nitrogens with zero attached hydrogens (tertiary/aromatic N) is 4. The van der Waals surface area contributed by atoms with E-state index in [4.69, 9.17) is 47.5 Å². The molecule has 5 unspecified atom stereocenters. The molecule has 0 saturated carbocycles. The van der Waals surface area contributed by atoms with E-state index in [1.165, 1.54) is 25.2 Å². The van der Waals surface area contributed by atoms with E-state index in [2.05, 4.69) is 15.0 Å². The molecule has 2 saturated heterocycles. The lowest BCUT2D eigenvalue weighted by Gasteiger charge is -2.29. The fourth-order valence-corrected chi connectivity index (χ4v) is 5.85. The Morgan fingerprint density at radius 2 is 2.19 bits per heavy atom. The van der Waals surface area contributed by atoms with E-state index in [1.54, 1.807) is 22.8 Å². The number of ether oxygens (including phenoxy) is 2. The maximum absolute atomic E-state index is 11.9. The van der Waals surface area contributed by atoms with Crippen LogP contribution in [0.25, 0.3) is 11.2 Å². The molecule has 0 spiro atoms. The summed E-state index contributed by atoms with van der Waals surface area (Å²) in [6.07, 6.45) is -1.41. The largest absolute Gasteiger partial charge is 0.472 e. The van der Waals surface area contributed by atoms with Crippen LogP contribution in [0.2, 0.25) is 10.0 Å². The van der Waals surface area contributed by atoms with Crippen molar-refractivity contribution in [1.29, 1.82) is 0 Å². The van der Waals surface area contributed by atoms with Crippen LogP contribution in [-0.2, 0) is 23.1 Å². The Labute approximate surface area is 195 Å². The smallest absolute Gasteiger partial charge is 0.382 e. The molecular formula is C17H16Cl2N5O6PS. The highest BCUT2D eigenvalue weighted by molar-refractivity contribution is 7.99. The number of imidazole rings is 1. The lowest BCUT2D eigenvalue weighted by molar-refractivity contribution is -0.0667. The molecule has 2 fully saturated rings. The highest BCUT2D eigenvalue weighted by Gasteiger charge is 2.53. The quantitative estimate of drug-likeness (QED) is 0.386. The molecule has 2 aromatic heterocycles. The van der Waals surface area contributed by atoms with Crippen molar-refractivity contribution in [1.82, 2.24) is 19.5 Å². The molecule has 32 heavy (non-hydrogen) atoms. The van der Waals surface area contributed by atoms with Crippen LogP contribution in [0.4, 0.5) is 5.82 Å². The Morgan fingerprint density at radius 1 is 1.38 bits per heavy atom. The summed E-state index contributed by atoms with van der Waals surface area (Å²) in [7, 11) is -2.72. The Hall–Kier alpha value is -1.47. The van der Waals surface area contributed by atoms with Crippen LogP contribution >= 0.6 is 42.8 Å². The number of phosphoric acid groups is 1. The molecule has 0 aliphatic carbocycles. The van der Waals surface area contributed by atoms with Crippen LogP contribution in [0.5, 0.6) is 0 Å². The summed E-state index contributed by atoms with van der Waals surface area (Å²) in [6.45, 7) is -0.116. The van der Waals surface area contributed by atoms with Gasteiger partial charge in [0.15, 0.2) is 22.8 Å². The van der Waals surface area contributed by atoms with Crippen LogP contribution in [-0.4, -0.2) is 56.4 Å². The van der Waals surface area contributed by atoms with Gasteiger partial charge in [-0.3, -0.25) is 13.6 Å². The summed E-state index contributed by atoms with van der Waals surface area (Å²) in [4.78, 5) is 23.6. The maximum atomic E-state index is 11.9. The maximum Gasteiger partial charge on any atom is 0.472 e. The van der Waals surface area contributed by atoms with Crippen molar-refractivity contribution >= 4 is 59.8 Å². The molecule has 2 aliphatic rings. The van der Waals surface area contributed by atoms with E-state index < -0.39 is 32.4 Å². The van der Waals surface area contributed by atoms with Gasteiger partial charge in [-0.15, -0.1) is 0 Å². The summed E-state index contributed by atoms with van der Waals surface area (Å²) in [6, 6.07) is 5.09. The van der Waals surface area contributed by atoms with Crippen molar-refractivity contribution in [3.05, 3.63) is 34.6 Å². The molecule has 0 amide bonds. The van der Waals surface area contributed by atoms with Gasteiger partial charge in [0.2, 0.25) is 0 Å². The lowest BCUT2D eigenvalue weighted by atomic mass is 10.1. The van der Waals surface area contributed by atoms with Gasteiger partial charge in [0.05, 0.1) is 18.0 Å². The number of benzene rings is 1. The van der Waals surface area contributed by atoms with Gasteiger partial charge in [-0.1, -0.05) is 23.2 Å². The number of halogens is 2. The molecule has 3 N–H and O–H groups in total. The number of nitrogen functional groups attached to an aromatic ring is 1. The Kier molecular flexibility index (Phi) is 5.85. The predicted octanol–water partition coefficient (Wildman–Crippen LogP) is 3.29. The average Bonchev–Trinajstić information content (AvgIpc) is 3.30. The third kappa shape index (κ3) is 4.00. The van der Waals surface area contributed by atoms with Crippen LogP contribution < -0.4 is 5.73 Å². The molecule has 170 valence electrons. The second-order valence-electron chi connectivity index (χ2n) is 6.99. The number of hydrogen-bond donors (Lipinski definition) is 2. The van der Waals surface area contributed by atoms with Crippen molar-refractivity contribution in [2.75, 3.05) is 19.5 Å². The molecule has 5 atom stereocenters. The molecule has 0 radical (unpaired) electrons. The van der Waals surface area contributed by atoms with E-state index in [0.29, 0.717) is 31.3 Å². The second kappa shape index (κ2) is 8.39. The molecule has 4 heterocycles. The zero-order valence-corrected chi connectivity index (χ0v) is 19.5. The number of anilines is 1. The van der Waals surface area contributed by atoms with Gasteiger partial charge < -0.3 is 20.1 Å². The molecule has 1 aromatic carbocycles. The molecule has 2 aliphatic heterocycles. The molecule has 15 heteroatoms. The van der Waals surface area contributed by atoms with Gasteiger partial charge in [0, 0.05) is 17.0 Å². The lowest BCUT2D eigenvalue weighted by Crippen LogP contribution is -2.40. The fraction of sp³-hybridized carbons (Fsp3) is 0.353. The Bertz CT molecular complexity index is 1250. The van der Waals surface area contributed by atoms with E-state index in [-0.39, 0.29) is 12.4 Å². The Balaban J connectivity index is 1.51. The standard InChI is InChI=1S/C17H16Cl2N5O6PS/c1-27-13-12-9(5-28-31(25,26)30-12)29-16(13)24-6-21-11-14(20)22-17(23-15(11)24)32-10-3-2-7(18)4-8(10)19/h2-4,6,9,12-13,16H,5H2,1H3,(H,25,26)(H2,20,22,23). The summed E-state index contributed by atoms with van der Waals surface area (Å²) in [5.74, 6) is 0.171. The topological polar surface area (TPSA) is 144 Å². The minimum Gasteiger partial charge on any atom is -0.382 e. The van der Waals surface area contributed by atoms with Crippen molar-refractivity contribution < 1.29 is 28.0 Å². The van der Waals surface area contributed by atoms with Gasteiger partial charge in [-0.2, -0.15) is 0 Å². The normalized spacial score (nSPS) is 30.0. The van der Waals surface area contributed by atoms with Gasteiger partial charge in [0.25, 0.3) is 0 Å². The molecular weight excluding hydrogens is 504 g/mol. The summed E-state index contributed by atoms with van der Waals surface area (Å²) in [5.41, 5.74) is 6.89. The highest BCUT2D eigenvalue weighted by Crippen LogP contribution is 2.53. The number of phosphoric ester groups is 1. The average molecular weight is 520 g/mol. The van der Waals surface area contributed by atoms with E-state index >= 15 is 0 Å². The Morgan fingerprint density at radius 3 is 2.94 bits per heavy atom. The van der Waals surface area contributed by atoms with Crippen LogP contribution in [0.15, 0.2) is 34.6 Å². The van der Waals surface area contributed by atoms with Crippen molar-refractivity contribution in [3.8, 4) is 0 Å². The van der Waals surface area contributed by atoms with Crippen molar-refractivity contribution in [2.24, 2.45) is 0 Å². The first-order valence-electron chi connectivity index (χ1n) is 9.22. The van der Waals surface area contributed by atoms with Crippen molar-refractivity contribution in [2.45, 2.75) is 34.6 Å². The number of fused-ring (bicyclic) bond motifs is 2. The zero-order chi connectivity index (χ0) is 22.6. The zero-order valence-electron chi connectivity index (χ0n) is 16.3. The van der Waals surface area contributed by atoms with Gasteiger partial charge >= 0.3 is 7.82 Å². The number of methoxy groups -OCH3 is 1.